The van der Waals surface area contributed by atoms with Crippen LogP contribution in [0.1, 0.15) is 36.9 Å². The molecule has 0 amide bonds. The van der Waals surface area contributed by atoms with Crippen molar-refractivity contribution in [2.75, 3.05) is 13.1 Å². The summed E-state index contributed by atoms with van der Waals surface area (Å²) in [4.78, 5) is 1.92. The summed E-state index contributed by atoms with van der Waals surface area (Å²) in [6.45, 7) is 2.30. The summed E-state index contributed by atoms with van der Waals surface area (Å²) in [7, 11) is 0. The molecule has 0 saturated carbocycles. The van der Waals surface area contributed by atoms with E-state index < -0.39 is 11.8 Å². The van der Waals surface area contributed by atoms with Gasteiger partial charge in [0.1, 0.15) is 0 Å². The largest absolute Gasteiger partial charge is 0.417 e. The number of nitriles is 1. The van der Waals surface area contributed by atoms with Crippen molar-refractivity contribution in [3.8, 4) is 6.07 Å². The summed E-state index contributed by atoms with van der Waals surface area (Å²) in [5.74, 6) is 0. The summed E-state index contributed by atoms with van der Waals surface area (Å²) >= 11 is 0. The molecule has 6 heteroatoms. The lowest BCUT2D eigenvalue weighted by molar-refractivity contribution is -0.273. The van der Waals surface area contributed by atoms with Gasteiger partial charge in [-0.2, -0.15) is 18.4 Å². The molecule has 1 N–H and O–H groups in total. The Morgan fingerprint density at radius 1 is 1.24 bits per heavy atom. The summed E-state index contributed by atoms with van der Waals surface area (Å²) in [6, 6.07) is 9.00. The van der Waals surface area contributed by atoms with Gasteiger partial charge in [0.15, 0.2) is 5.60 Å². The average Bonchev–Trinajstić information content (AvgIpc) is 2.46. The molecule has 0 radical (unpaired) electrons. The monoisotopic (exact) mass is 298 g/mol. The summed E-state index contributed by atoms with van der Waals surface area (Å²) in [6.07, 6.45) is -5.19. The summed E-state index contributed by atoms with van der Waals surface area (Å²) in [5, 5.41) is 18.4. The lowest BCUT2D eigenvalue weighted by Gasteiger charge is -2.41. The SMILES string of the molecule is CC(c1ccc(C#N)cc1)N1CCC(O)(C(F)(F)F)CC1. The smallest absolute Gasteiger partial charge is 0.380 e. The molecule has 1 heterocycles. The topological polar surface area (TPSA) is 47.3 Å². The van der Waals surface area contributed by atoms with Crippen LogP contribution >= 0.6 is 0 Å². The Hall–Kier alpha value is -1.58. The van der Waals surface area contributed by atoms with Crippen molar-refractivity contribution in [1.82, 2.24) is 4.90 Å². The van der Waals surface area contributed by atoms with E-state index >= 15 is 0 Å². The van der Waals surface area contributed by atoms with E-state index in [4.69, 9.17) is 5.26 Å². The fraction of sp³-hybridized carbons (Fsp3) is 0.533. The first kappa shape index (κ1) is 15.8. The Morgan fingerprint density at radius 2 is 1.76 bits per heavy atom. The number of likely N-dealkylation sites (tertiary alicyclic amines) is 1. The quantitative estimate of drug-likeness (QED) is 0.913. The van der Waals surface area contributed by atoms with Gasteiger partial charge in [0, 0.05) is 19.1 Å². The number of piperidine rings is 1. The minimum Gasteiger partial charge on any atom is -0.380 e. The van der Waals surface area contributed by atoms with E-state index in [0.29, 0.717) is 5.56 Å². The van der Waals surface area contributed by atoms with Crippen LogP contribution in [0.25, 0.3) is 0 Å². The molecule has 0 bridgehead atoms. The molecule has 1 unspecified atom stereocenters. The second-order valence-electron chi connectivity index (χ2n) is 5.48. The fourth-order valence-electron chi connectivity index (χ4n) is 2.61. The molecule has 2 rings (SSSR count). The third-order valence-corrected chi connectivity index (χ3v) is 4.22. The van der Waals surface area contributed by atoms with Gasteiger partial charge in [0.25, 0.3) is 0 Å². The predicted octanol–water partition coefficient (Wildman–Crippen LogP) is 3.01. The maximum atomic E-state index is 12.8. The molecular weight excluding hydrogens is 281 g/mol. The van der Waals surface area contributed by atoms with Gasteiger partial charge in [-0.05, 0) is 37.5 Å². The molecule has 0 aliphatic carbocycles. The predicted molar refractivity (Wildman–Crippen MR) is 71.4 cm³/mol. The minimum absolute atomic E-state index is 0.0458. The highest BCUT2D eigenvalue weighted by atomic mass is 19.4. The summed E-state index contributed by atoms with van der Waals surface area (Å²) in [5.41, 5.74) is -1.06. The van der Waals surface area contributed by atoms with Crippen LogP contribution < -0.4 is 0 Å². The van der Waals surface area contributed by atoms with Crippen molar-refractivity contribution in [3.05, 3.63) is 35.4 Å². The Kier molecular flexibility index (Phi) is 4.26. The zero-order valence-corrected chi connectivity index (χ0v) is 11.7. The minimum atomic E-state index is -4.57. The number of alkyl halides is 3. The number of hydrogen-bond donors (Lipinski definition) is 1. The van der Waals surface area contributed by atoms with Crippen LogP contribution in [0.5, 0.6) is 0 Å². The van der Waals surface area contributed by atoms with E-state index in [1.54, 1.807) is 12.1 Å². The van der Waals surface area contributed by atoms with Gasteiger partial charge in [-0.1, -0.05) is 12.1 Å². The third kappa shape index (κ3) is 3.20. The van der Waals surface area contributed by atoms with Gasteiger partial charge in [-0.15, -0.1) is 0 Å². The fourth-order valence-corrected chi connectivity index (χ4v) is 2.61. The van der Waals surface area contributed by atoms with Crippen molar-refractivity contribution in [2.45, 2.75) is 37.6 Å². The Labute approximate surface area is 121 Å². The van der Waals surface area contributed by atoms with Gasteiger partial charge in [-0.25, -0.2) is 0 Å². The highest BCUT2D eigenvalue weighted by Gasteiger charge is 2.54. The third-order valence-electron chi connectivity index (χ3n) is 4.22. The maximum Gasteiger partial charge on any atom is 0.417 e. The molecule has 114 valence electrons. The Balaban J connectivity index is 2.03. The molecule has 1 aliphatic heterocycles. The van der Waals surface area contributed by atoms with Gasteiger partial charge < -0.3 is 5.11 Å². The van der Waals surface area contributed by atoms with Crippen molar-refractivity contribution in [1.29, 1.82) is 5.26 Å². The van der Waals surface area contributed by atoms with Crippen molar-refractivity contribution in [3.63, 3.8) is 0 Å². The second-order valence-corrected chi connectivity index (χ2v) is 5.48. The van der Waals surface area contributed by atoms with Crippen molar-refractivity contribution < 1.29 is 18.3 Å². The van der Waals surface area contributed by atoms with Crippen LogP contribution in [0.3, 0.4) is 0 Å². The second kappa shape index (κ2) is 5.66. The summed E-state index contributed by atoms with van der Waals surface area (Å²) < 4.78 is 38.3. The molecule has 1 aromatic rings. The van der Waals surface area contributed by atoms with Gasteiger partial charge in [0.2, 0.25) is 0 Å². The number of halogens is 3. The van der Waals surface area contributed by atoms with Crippen LogP contribution in [-0.2, 0) is 0 Å². The molecule has 1 aromatic carbocycles. The first-order valence-electron chi connectivity index (χ1n) is 6.80. The highest BCUT2D eigenvalue weighted by Crippen LogP contribution is 2.39. The van der Waals surface area contributed by atoms with Crippen LogP contribution in [0.15, 0.2) is 24.3 Å². The maximum absolute atomic E-state index is 12.8. The molecular formula is C15H17F3N2O. The number of nitrogens with zero attached hydrogens (tertiary/aromatic N) is 2. The lowest BCUT2D eigenvalue weighted by Crippen LogP contribution is -2.53. The molecule has 1 fully saturated rings. The van der Waals surface area contributed by atoms with Crippen molar-refractivity contribution in [2.24, 2.45) is 0 Å². The Bertz CT molecular complexity index is 525. The molecule has 3 nitrogen and oxygen atoms in total. The van der Waals surface area contributed by atoms with Gasteiger partial charge >= 0.3 is 6.18 Å². The average molecular weight is 298 g/mol. The Morgan fingerprint density at radius 3 is 2.19 bits per heavy atom. The normalized spacial score (nSPS) is 20.8. The molecule has 1 atom stereocenters. The van der Waals surface area contributed by atoms with Crippen LogP contribution in [0.2, 0.25) is 0 Å². The standard InChI is InChI=1S/C15H17F3N2O/c1-11(13-4-2-12(10-19)3-5-13)20-8-6-14(21,7-9-20)15(16,17)18/h2-5,11,21H,6-9H2,1H3. The molecule has 21 heavy (non-hydrogen) atoms. The molecule has 1 saturated heterocycles. The van der Waals surface area contributed by atoms with Crippen LogP contribution in [0, 0.1) is 11.3 Å². The number of aliphatic hydroxyl groups is 1. The molecule has 0 spiro atoms. The number of hydrogen-bond acceptors (Lipinski definition) is 3. The van der Waals surface area contributed by atoms with E-state index in [1.807, 2.05) is 30.0 Å². The van der Waals surface area contributed by atoms with Gasteiger partial charge in [-0.3, -0.25) is 4.90 Å². The van der Waals surface area contributed by atoms with Crippen LogP contribution in [-0.4, -0.2) is 34.9 Å². The first-order chi connectivity index (χ1) is 9.77. The van der Waals surface area contributed by atoms with Crippen molar-refractivity contribution >= 4 is 0 Å². The van der Waals surface area contributed by atoms with E-state index in [0.717, 1.165) is 5.56 Å². The van der Waals surface area contributed by atoms with Crippen LogP contribution in [0.4, 0.5) is 13.2 Å². The van der Waals surface area contributed by atoms with E-state index in [1.165, 1.54) is 0 Å². The van der Waals surface area contributed by atoms with E-state index in [9.17, 15) is 18.3 Å². The first-order valence-corrected chi connectivity index (χ1v) is 6.80. The van der Waals surface area contributed by atoms with E-state index in [2.05, 4.69) is 0 Å². The number of rotatable bonds is 2. The lowest BCUT2D eigenvalue weighted by atomic mass is 9.89. The van der Waals surface area contributed by atoms with Gasteiger partial charge in [0.05, 0.1) is 11.6 Å². The number of benzene rings is 1. The molecule has 0 aromatic heterocycles. The highest BCUT2D eigenvalue weighted by molar-refractivity contribution is 5.32. The molecule has 1 aliphatic rings. The zero-order chi connectivity index (χ0) is 15.7. The zero-order valence-electron chi connectivity index (χ0n) is 11.7. The van der Waals surface area contributed by atoms with E-state index in [-0.39, 0.29) is 32.0 Å².